The van der Waals surface area contributed by atoms with E-state index in [1.807, 2.05) is 11.4 Å². The molecule has 0 atom stereocenters. The van der Waals surface area contributed by atoms with E-state index in [-0.39, 0.29) is 5.91 Å². The van der Waals surface area contributed by atoms with Crippen LogP contribution in [0.1, 0.15) is 28.0 Å². The number of amides is 1. The minimum Gasteiger partial charge on any atom is -0.489 e. The van der Waals surface area contributed by atoms with Crippen LogP contribution in [-0.2, 0) is 13.2 Å². The van der Waals surface area contributed by atoms with Crippen LogP contribution in [0.4, 0.5) is 0 Å². The van der Waals surface area contributed by atoms with Crippen LogP contribution in [-0.4, -0.2) is 24.1 Å². The number of nitrogens with zero attached hydrogens (tertiary/aromatic N) is 1. The summed E-state index contributed by atoms with van der Waals surface area (Å²) in [6.07, 6.45) is 0.806. The van der Waals surface area contributed by atoms with Crippen molar-refractivity contribution in [2.45, 2.75) is 19.6 Å². The van der Waals surface area contributed by atoms with Crippen molar-refractivity contribution in [1.29, 1.82) is 0 Å². The highest BCUT2D eigenvalue weighted by atomic mass is 35.5. The van der Waals surface area contributed by atoms with E-state index < -0.39 is 0 Å². The maximum absolute atomic E-state index is 12.5. The number of benzene rings is 2. The number of ether oxygens (including phenoxy) is 3. The smallest absolute Gasteiger partial charge is 0.251 e. The highest BCUT2D eigenvalue weighted by molar-refractivity contribution is 7.07. The molecule has 1 amide bonds. The molecule has 2 aromatic carbocycles. The van der Waals surface area contributed by atoms with E-state index >= 15 is 0 Å². The number of carbonyl (C=O) groups is 1. The monoisotopic (exact) mass is 430 g/mol. The number of halogens is 1. The van der Waals surface area contributed by atoms with Gasteiger partial charge >= 0.3 is 0 Å². The summed E-state index contributed by atoms with van der Waals surface area (Å²) in [4.78, 5) is 16.6. The minimum atomic E-state index is -0.181. The predicted molar refractivity (Wildman–Crippen MR) is 111 cm³/mol. The first kappa shape index (κ1) is 19.5. The van der Waals surface area contributed by atoms with Crippen LogP contribution >= 0.6 is 22.9 Å². The van der Waals surface area contributed by atoms with Gasteiger partial charge in [0.05, 0.1) is 29.4 Å². The number of fused-ring (bicyclic) bond motifs is 1. The van der Waals surface area contributed by atoms with Crippen molar-refractivity contribution >= 4 is 28.8 Å². The number of carbonyl (C=O) groups excluding carboxylic acids is 1. The van der Waals surface area contributed by atoms with Gasteiger partial charge in [0.2, 0.25) is 0 Å². The molecule has 0 saturated heterocycles. The van der Waals surface area contributed by atoms with E-state index in [1.165, 1.54) is 11.3 Å². The lowest BCUT2D eigenvalue weighted by molar-refractivity contribution is 0.0951. The highest BCUT2D eigenvalue weighted by Crippen LogP contribution is 2.37. The van der Waals surface area contributed by atoms with Gasteiger partial charge < -0.3 is 19.5 Å². The molecule has 29 heavy (non-hydrogen) atoms. The zero-order chi connectivity index (χ0) is 20.1. The van der Waals surface area contributed by atoms with Gasteiger partial charge in [-0.1, -0.05) is 11.6 Å². The maximum atomic E-state index is 12.5. The second-order valence-corrected chi connectivity index (χ2v) is 7.56. The SMILES string of the molecule is O=C(NCc1cc(Cl)c2c(c1)OCCCO2)c1ccc(OCc2cscn2)cc1. The van der Waals surface area contributed by atoms with Crippen molar-refractivity contribution in [3.05, 3.63) is 69.1 Å². The molecular weight excluding hydrogens is 412 g/mol. The van der Waals surface area contributed by atoms with Crippen molar-refractivity contribution < 1.29 is 19.0 Å². The summed E-state index contributed by atoms with van der Waals surface area (Å²) >= 11 is 7.83. The van der Waals surface area contributed by atoms with Gasteiger partial charge in [-0.3, -0.25) is 4.79 Å². The van der Waals surface area contributed by atoms with E-state index in [0.717, 1.165) is 17.7 Å². The van der Waals surface area contributed by atoms with Crippen LogP contribution in [0.15, 0.2) is 47.3 Å². The molecule has 150 valence electrons. The van der Waals surface area contributed by atoms with Crippen LogP contribution < -0.4 is 19.5 Å². The van der Waals surface area contributed by atoms with Crippen LogP contribution in [0, 0.1) is 0 Å². The van der Waals surface area contributed by atoms with Crippen molar-refractivity contribution in [3.63, 3.8) is 0 Å². The molecule has 1 aromatic heterocycles. The molecule has 0 fully saturated rings. The fraction of sp³-hybridized carbons (Fsp3) is 0.238. The normalized spacial score (nSPS) is 12.9. The number of hydrogen-bond acceptors (Lipinski definition) is 6. The van der Waals surface area contributed by atoms with Crippen molar-refractivity contribution in [2.24, 2.45) is 0 Å². The van der Waals surface area contributed by atoms with Crippen LogP contribution in [0.5, 0.6) is 17.2 Å². The fourth-order valence-corrected chi connectivity index (χ4v) is 3.67. The molecule has 1 aliphatic rings. The zero-order valence-electron chi connectivity index (χ0n) is 15.5. The molecule has 3 aromatic rings. The van der Waals surface area contributed by atoms with E-state index in [4.69, 9.17) is 25.8 Å². The minimum absolute atomic E-state index is 0.181. The first-order valence-electron chi connectivity index (χ1n) is 9.15. The Balaban J connectivity index is 1.34. The summed E-state index contributed by atoms with van der Waals surface area (Å²) in [5.74, 6) is 1.68. The van der Waals surface area contributed by atoms with Gasteiger partial charge in [0.25, 0.3) is 5.91 Å². The lowest BCUT2D eigenvalue weighted by Gasteiger charge is -2.12. The van der Waals surface area contributed by atoms with E-state index in [1.54, 1.807) is 35.8 Å². The van der Waals surface area contributed by atoms with Gasteiger partial charge in [-0.05, 0) is 42.0 Å². The Morgan fingerprint density at radius 2 is 2.03 bits per heavy atom. The zero-order valence-corrected chi connectivity index (χ0v) is 17.1. The highest BCUT2D eigenvalue weighted by Gasteiger charge is 2.16. The first-order chi connectivity index (χ1) is 14.2. The van der Waals surface area contributed by atoms with E-state index in [2.05, 4.69) is 10.3 Å². The molecule has 1 N–H and O–H groups in total. The van der Waals surface area contributed by atoms with Crippen LogP contribution in [0.3, 0.4) is 0 Å². The second kappa shape index (κ2) is 9.15. The third kappa shape index (κ3) is 4.99. The Morgan fingerprint density at radius 3 is 2.83 bits per heavy atom. The third-order valence-corrected chi connectivity index (χ3v) is 5.22. The maximum Gasteiger partial charge on any atom is 0.251 e. The predicted octanol–water partition coefficient (Wildman–Crippen LogP) is 4.47. The Hall–Kier alpha value is -2.77. The molecule has 0 saturated carbocycles. The van der Waals surface area contributed by atoms with Gasteiger partial charge in [0.1, 0.15) is 12.4 Å². The number of nitrogens with one attached hydrogen (secondary N) is 1. The van der Waals surface area contributed by atoms with Gasteiger partial charge in [0.15, 0.2) is 11.5 Å². The van der Waals surface area contributed by atoms with Crippen LogP contribution in [0.25, 0.3) is 0 Å². The molecular formula is C21H19ClN2O4S. The molecule has 0 spiro atoms. The van der Waals surface area contributed by atoms with Crippen molar-refractivity contribution in [3.8, 4) is 17.2 Å². The Labute approximate surface area is 177 Å². The Bertz CT molecular complexity index is 977. The molecule has 8 heteroatoms. The summed E-state index contributed by atoms with van der Waals surface area (Å²) in [7, 11) is 0. The lowest BCUT2D eigenvalue weighted by atomic mass is 10.1. The number of hydrogen-bond donors (Lipinski definition) is 1. The van der Waals surface area contributed by atoms with Crippen molar-refractivity contribution in [1.82, 2.24) is 10.3 Å². The molecule has 0 unspecified atom stereocenters. The summed E-state index contributed by atoms with van der Waals surface area (Å²) in [6.45, 7) is 1.89. The fourth-order valence-electron chi connectivity index (χ4n) is 2.84. The topological polar surface area (TPSA) is 69.7 Å². The summed E-state index contributed by atoms with van der Waals surface area (Å²) in [5, 5.41) is 5.32. The van der Waals surface area contributed by atoms with E-state index in [0.29, 0.717) is 54.2 Å². The van der Waals surface area contributed by atoms with Crippen LogP contribution in [0.2, 0.25) is 5.02 Å². The number of aromatic nitrogens is 1. The molecule has 2 heterocycles. The quantitative estimate of drug-likeness (QED) is 0.625. The average Bonchev–Trinajstić information content (AvgIpc) is 3.14. The molecule has 0 bridgehead atoms. The largest absolute Gasteiger partial charge is 0.489 e. The Kier molecular flexibility index (Phi) is 6.17. The summed E-state index contributed by atoms with van der Waals surface area (Å²) in [6, 6.07) is 10.6. The molecule has 6 nitrogen and oxygen atoms in total. The van der Waals surface area contributed by atoms with Gasteiger partial charge in [-0.2, -0.15) is 0 Å². The standard InChI is InChI=1S/C21H19ClN2O4S/c22-18-8-14(9-19-20(18)27-7-1-6-26-19)10-23-21(25)15-2-4-17(5-3-15)28-11-16-12-29-13-24-16/h2-5,8-9,12-13H,1,6-7,10-11H2,(H,23,25). The molecule has 0 radical (unpaired) electrons. The van der Waals surface area contributed by atoms with Gasteiger partial charge in [-0.15, -0.1) is 11.3 Å². The molecule has 1 aliphatic heterocycles. The van der Waals surface area contributed by atoms with Crippen molar-refractivity contribution in [2.75, 3.05) is 13.2 Å². The second-order valence-electron chi connectivity index (χ2n) is 6.43. The van der Waals surface area contributed by atoms with Gasteiger partial charge in [0, 0.05) is 23.9 Å². The van der Waals surface area contributed by atoms with Gasteiger partial charge in [-0.25, -0.2) is 4.98 Å². The summed E-state index contributed by atoms with van der Waals surface area (Å²) < 4.78 is 17.0. The molecule has 0 aliphatic carbocycles. The lowest BCUT2D eigenvalue weighted by Crippen LogP contribution is -2.22. The van der Waals surface area contributed by atoms with E-state index in [9.17, 15) is 4.79 Å². The average molecular weight is 431 g/mol. The number of thiazole rings is 1. The Morgan fingerprint density at radius 1 is 1.21 bits per heavy atom. The third-order valence-electron chi connectivity index (χ3n) is 4.30. The number of rotatable bonds is 6. The molecule has 4 rings (SSSR count). The first-order valence-corrected chi connectivity index (χ1v) is 10.5. The summed E-state index contributed by atoms with van der Waals surface area (Å²) in [5.41, 5.74) is 4.04.